The molecule has 13 N–H and O–H groups in total. The first-order valence-electron chi connectivity index (χ1n) is 14.2. The third-order valence-corrected chi connectivity index (χ3v) is 6.69. The minimum absolute atomic E-state index is 0.00639. The lowest BCUT2D eigenvalue weighted by Crippen LogP contribution is -2.53. The molecule has 1 aromatic carbocycles. The number of aliphatic imine (C=N–C) groups is 1. The van der Waals surface area contributed by atoms with Gasteiger partial charge in [0.1, 0.15) is 18.1 Å². The Morgan fingerprint density at radius 1 is 0.889 bits per heavy atom. The molecule has 0 fully saturated rings. The van der Waals surface area contributed by atoms with Gasteiger partial charge in [0.2, 0.25) is 23.6 Å². The van der Waals surface area contributed by atoms with Gasteiger partial charge in [-0.2, -0.15) is 0 Å². The SMILES string of the molecule is CC(=O)NC(CC(=O)O)C(=O)NC(CCCNC(=O)C(Cc1c[nH]c2ccccc12)NC(=O)C(N)CCCN=C(N)N)C(=O)O. The average Bonchev–Trinajstić information content (AvgIpc) is 3.37. The van der Waals surface area contributed by atoms with Crippen LogP contribution in [0.4, 0.5) is 0 Å². The number of carboxylic acid groups (broad SMARTS) is 2. The van der Waals surface area contributed by atoms with E-state index in [0.29, 0.717) is 6.42 Å². The zero-order valence-electron chi connectivity index (χ0n) is 24.9. The van der Waals surface area contributed by atoms with Crippen molar-refractivity contribution in [3.05, 3.63) is 36.0 Å². The van der Waals surface area contributed by atoms with Gasteiger partial charge in [0.05, 0.1) is 12.5 Å². The Morgan fingerprint density at radius 3 is 2.22 bits per heavy atom. The Labute approximate surface area is 258 Å². The molecular formula is C28H41N9O8. The molecule has 0 aliphatic carbocycles. The van der Waals surface area contributed by atoms with Crippen molar-refractivity contribution in [1.82, 2.24) is 26.3 Å². The van der Waals surface area contributed by atoms with Crippen molar-refractivity contribution in [2.45, 2.75) is 69.6 Å². The molecule has 0 radical (unpaired) electrons. The molecule has 2 rings (SSSR count). The number of aromatic nitrogens is 1. The molecule has 0 aliphatic rings. The number of nitrogens with two attached hydrogens (primary N) is 3. The molecule has 0 bridgehead atoms. The van der Waals surface area contributed by atoms with Gasteiger partial charge in [-0.3, -0.25) is 29.0 Å². The molecule has 2 aromatic rings. The van der Waals surface area contributed by atoms with Crippen LogP contribution in [0.15, 0.2) is 35.5 Å². The van der Waals surface area contributed by atoms with Crippen molar-refractivity contribution in [3.8, 4) is 0 Å². The van der Waals surface area contributed by atoms with Crippen molar-refractivity contribution in [2.24, 2.45) is 22.2 Å². The van der Waals surface area contributed by atoms with E-state index < -0.39 is 66.2 Å². The number of nitrogens with one attached hydrogen (secondary N) is 5. The normalized spacial score (nSPS) is 13.5. The molecular weight excluding hydrogens is 590 g/mol. The van der Waals surface area contributed by atoms with Crippen molar-refractivity contribution in [1.29, 1.82) is 0 Å². The molecule has 17 nitrogen and oxygen atoms in total. The van der Waals surface area contributed by atoms with Crippen LogP contribution in [0.25, 0.3) is 10.9 Å². The third kappa shape index (κ3) is 12.5. The summed E-state index contributed by atoms with van der Waals surface area (Å²) in [5, 5.41) is 29.2. The number of hydrogen-bond acceptors (Lipinski definition) is 8. The van der Waals surface area contributed by atoms with Crippen LogP contribution in [0.3, 0.4) is 0 Å². The molecule has 45 heavy (non-hydrogen) atoms. The summed E-state index contributed by atoms with van der Waals surface area (Å²) < 4.78 is 0. The van der Waals surface area contributed by atoms with E-state index >= 15 is 0 Å². The number of guanidine groups is 1. The Kier molecular flexibility index (Phi) is 14.3. The lowest BCUT2D eigenvalue weighted by Gasteiger charge is -2.22. The number of hydrogen-bond donors (Lipinski definition) is 10. The second kappa shape index (κ2) is 17.8. The predicted octanol–water partition coefficient (Wildman–Crippen LogP) is -1.98. The smallest absolute Gasteiger partial charge is 0.326 e. The van der Waals surface area contributed by atoms with Gasteiger partial charge in [-0.15, -0.1) is 0 Å². The summed E-state index contributed by atoms with van der Waals surface area (Å²) in [7, 11) is 0. The summed E-state index contributed by atoms with van der Waals surface area (Å²) in [4.78, 5) is 79.7. The van der Waals surface area contributed by atoms with Crippen LogP contribution in [0.2, 0.25) is 0 Å². The highest BCUT2D eigenvalue weighted by molar-refractivity contribution is 5.93. The van der Waals surface area contributed by atoms with E-state index in [1.165, 1.54) is 0 Å². The number of carbonyl (C=O) groups is 6. The van der Waals surface area contributed by atoms with E-state index in [4.69, 9.17) is 22.3 Å². The van der Waals surface area contributed by atoms with Gasteiger partial charge in [-0.25, -0.2) is 4.79 Å². The fourth-order valence-electron chi connectivity index (χ4n) is 4.46. The molecule has 0 aliphatic heterocycles. The van der Waals surface area contributed by atoms with Crippen LogP contribution >= 0.6 is 0 Å². The van der Waals surface area contributed by atoms with Gasteiger partial charge in [-0.05, 0) is 37.3 Å². The molecule has 4 amide bonds. The zero-order chi connectivity index (χ0) is 33.5. The number of benzene rings is 1. The molecule has 1 heterocycles. The molecule has 0 saturated heterocycles. The number of rotatable bonds is 19. The molecule has 17 heteroatoms. The van der Waals surface area contributed by atoms with Crippen molar-refractivity contribution >= 4 is 52.4 Å². The topological polar surface area (TPSA) is 297 Å². The third-order valence-electron chi connectivity index (χ3n) is 6.69. The first kappa shape index (κ1) is 36.0. The number of H-pyrrole nitrogens is 1. The minimum Gasteiger partial charge on any atom is -0.481 e. The first-order valence-corrected chi connectivity index (χ1v) is 14.2. The largest absolute Gasteiger partial charge is 0.481 e. The summed E-state index contributed by atoms with van der Waals surface area (Å²) in [6.07, 6.45) is 1.81. The van der Waals surface area contributed by atoms with Crippen LogP contribution < -0.4 is 38.5 Å². The summed E-state index contributed by atoms with van der Waals surface area (Å²) in [5.41, 5.74) is 18.3. The van der Waals surface area contributed by atoms with E-state index in [2.05, 4.69) is 31.2 Å². The van der Waals surface area contributed by atoms with Crippen LogP contribution in [-0.2, 0) is 35.2 Å². The van der Waals surface area contributed by atoms with E-state index in [-0.39, 0.29) is 44.7 Å². The molecule has 0 spiro atoms. The van der Waals surface area contributed by atoms with Gasteiger partial charge in [-0.1, -0.05) is 18.2 Å². The van der Waals surface area contributed by atoms with Crippen molar-refractivity contribution in [2.75, 3.05) is 13.1 Å². The highest BCUT2D eigenvalue weighted by Crippen LogP contribution is 2.19. The highest BCUT2D eigenvalue weighted by atomic mass is 16.4. The maximum absolute atomic E-state index is 13.2. The Hall–Kier alpha value is -5.19. The summed E-state index contributed by atoms with van der Waals surface area (Å²) in [5.74, 6) is -5.54. The summed E-state index contributed by atoms with van der Waals surface area (Å²) in [6.45, 7) is 1.37. The van der Waals surface area contributed by atoms with Crippen molar-refractivity contribution in [3.63, 3.8) is 0 Å². The number of para-hydroxylation sites is 1. The second-order valence-corrected chi connectivity index (χ2v) is 10.4. The van der Waals surface area contributed by atoms with Gasteiger partial charge in [0.25, 0.3) is 0 Å². The van der Waals surface area contributed by atoms with Gasteiger partial charge >= 0.3 is 11.9 Å². The first-order chi connectivity index (χ1) is 21.3. The van der Waals surface area contributed by atoms with E-state index in [1.807, 2.05) is 24.3 Å². The number of carbonyl (C=O) groups excluding carboxylic acids is 4. The molecule has 4 atom stereocenters. The van der Waals surface area contributed by atoms with Crippen LogP contribution in [0.5, 0.6) is 0 Å². The lowest BCUT2D eigenvalue weighted by atomic mass is 10.0. The Balaban J connectivity index is 2.04. The van der Waals surface area contributed by atoms with Gasteiger partial charge in [0.15, 0.2) is 5.96 Å². The van der Waals surface area contributed by atoms with E-state index in [9.17, 15) is 33.9 Å². The van der Waals surface area contributed by atoms with Crippen molar-refractivity contribution < 1.29 is 39.0 Å². The predicted molar refractivity (Wildman–Crippen MR) is 163 cm³/mol. The van der Waals surface area contributed by atoms with Crippen LogP contribution in [0, 0.1) is 0 Å². The van der Waals surface area contributed by atoms with Crippen LogP contribution in [-0.4, -0.2) is 94.0 Å². The maximum Gasteiger partial charge on any atom is 0.326 e. The molecule has 4 unspecified atom stereocenters. The number of carboxylic acids is 2. The average molecular weight is 632 g/mol. The zero-order valence-corrected chi connectivity index (χ0v) is 24.9. The standard InChI is InChI=1S/C28H41N9O8/c1-15(38)35-22(13-23(39)40)26(43)36-20(27(44)45)9-5-10-32-25(42)21(12-16-14-34-19-8-3-2-6-17(16)19)37-24(41)18(29)7-4-11-33-28(30)31/h2-3,6,8,14,18,20-22,34H,4-5,7,9-13,29H2,1H3,(H,32,42)(H,35,38)(H,36,43)(H,37,41)(H,39,40)(H,44,45)(H4,30,31,33). The van der Waals surface area contributed by atoms with Gasteiger partial charge < -0.3 is 53.7 Å². The number of nitrogens with zero attached hydrogens (tertiary/aromatic N) is 1. The number of amides is 4. The molecule has 0 saturated carbocycles. The highest BCUT2D eigenvalue weighted by Gasteiger charge is 2.28. The number of aliphatic carboxylic acids is 2. The Morgan fingerprint density at radius 2 is 1.58 bits per heavy atom. The molecule has 246 valence electrons. The number of aromatic amines is 1. The Bertz CT molecular complexity index is 1370. The quantitative estimate of drug-likeness (QED) is 0.0460. The number of fused-ring (bicyclic) bond motifs is 1. The van der Waals surface area contributed by atoms with Gasteiger partial charge in [0, 0.05) is 43.5 Å². The maximum atomic E-state index is 13.2. The fourth-order valence-corrected chi connectivity index (χ4v) is 4.46. The van der Waals surface area contributed by atoms with Crippen LogP contribution in [0.1, 0.15) is 44.6 Å². The fraction of sp³-hybridized carbons (Fsp3) is 0.464. The summed E-state index contributed by atoms with van der Waals surface area (Å²) in [6, 6.07) is 2.61. The van der Waals surface area contributed by atoms with E-state index in [0.717, 1.165) is 23.4 Å². The summed E-state index contributed by atoms with van der Waals surface area (Å²) >= 11 is 0. The van der Waals surface area contributed by atoms with E-state index in [1.54, 1.807) is 6.20 Å². The monoisotopic (exact) mass is 631 g/mol. The second-order valence-electron chi connectivity index (χ2n) is 10.4. The molecule has 1 aromatic heterocycles. The lowest BCUT2D eigenvalue weighted by molar-refractivity contribution is -0.143. The minimum atomic E-state index is -1.46.